The van der Waals surface area contributed by atoms with Crippen LogP contribution < -0.4 is 9.47 Å². The first kappa shape index (κ1) is 22.2. The number of methoxy groups -OCH3 is 1. The maximum absolute atomic E-state index is 12.1. The minimum absolute atomic E-state index is 0.0765. The number of rotatable bonds is 8. The van der Waals surface area contributed by atoms with Crippen molar-refractivity contribution in [3.05, 3.63) is 64.7 Å². The largest absolute Gasteiger partial charge is 0.493 e. The number of aliphatic carboxylic acids is 1. The molecule has 1 unspecified atom stereocenters. The van der Waals surface area contributed by atoms with Gasteiger partial charge in [-0.1, -0.05) is 55.8 Å². The average molecular weight is 416 g/mol. The number of esters is 1. The van der Waals surface area contributed by atoms with Gasteiger partial charge in [-0.15, -0.1) is 0 Å². The molecule has 0 aliphatic heterocycles. The van der Waals surface area contributed by atoms with Gasteiger partial charge >= 0.3 is 11.9 Å². The molecule has 29 heavy (non-hydrogen) atoms. The van der Waals surface area contributed by atoms with E-state index in [0.717, 1.165) is 5.56 Å². The van der Waals surface area contributed by atoms with E-state index in [4.69, 9.17) is 21.1 Å². The Morgan fingerprint density at radius 1 is 1.14 bits per heavy atom. The van der Waals surface area contributed by atoms with Crippen molar-refractivity contribution in [2.24, 2.45) is 10.9 Å². The highest BCUT2D eigenvalue weighted by molar-refractivity contribution is 6.32. The highest BCUT2D eigenvalue weighted by Crippen LogP contribution is 2.36. The van der Waals surface area contributed by atoms with E-state index in [1.54, 1.807) is 26.0 Å². The summed E-state index contributed by atoms with van der Waals surface area (Å²) in [4.78, 5) is 27.5. The van der Waals surface area contributed by atoms with Crippen molar-refractivity contribution in [1.29, 1.82) is 0 Å². The highest BCUT2D eigenvalue weighted by Gasteiger charge is 2.20. The van der Waals surface area contributed by atoms with Gasteiger partial charge in [-0.2, -0.15) is 0 Å². The van der Waals surface area contributed by atoms with E-state index in [1.807, 2.05) is 30.3 Å². The molecule has 1 atom stereocenters. The number of aliphatic imine (C=N–C) groups is 1. The average Bonchev–Trinajstić information content (AvgIpc) is 2.68. The van der Waals surface area contributed by atoms with Crippen LogP contribution >= 0.6 is 11.6 Å². The van der Waals surface area contributed by atoms with Gasteiger partial charge in [-0.25, -0.2) is 9.59 Å². The number of carboxylic acids is 1. The van der Waals surface area contributed by atoms with Crippen LogP contribution in [0.4, 0.5) is 0 Å². The Labute approximate surface area is 174 Å². The first-order chi connectivity index (χ1) is 13.8. The van der Waals surface area contributed by atoms with Crippen molar-refractivity contribution in [3.63, 3.8) is 0 Å². The number of carbonyl (C=O) groups excluding carboxylic acids is 1. The summed E-state index contributed by atoms with van der Waals surface area (Å²) in [5.41, 5.74) is 1.38. The van der Waals surface area contributed by atoms with Crippen LogP contribution in [0, 0.1) is 5.92 Å². The van der Waals surface area contributed by atoms with Gasteiger partial charge in [0.05, 0.1) is 12.1 Å². The molecule has 7 heteroatoms. The minimum Gasteiger partial charge on any atom is -0.493 e. The van der Waals surface area contributed by atoms with Gasteiger partial charge in [0.25, 0.3) is 0 Å². The fraction of sp³-hybridized carbons (Fsp3) is 0.227. The van der Waals surface area contributed by atoms with Crippen LogP contribution in [-0.2, 0) is 9.59 Å². The van der Waals surface area contributed by atoms with Crippen LogP contribution in [0.5, 0.6) is 11.5 Å². The van der Waals surface area contributed by atoms with Crippen molar-refractivity contribution < 1.29 is 24.2 Å². The second-order valence-electron chi connectivity index (χ2n) is 6.50. The van der Waals surface area contributed by atoms with Crippen LogP contribution in [0.1, 0.15) is 25.0 Å². The topological polar surface area (TPSA) is 85.2 Å². The standard InChI is InChI=1S/C22H22ClNO5/c1-14(2)20(22(26)27)24-13-16-11-17(23)21(18(12-16)28-3)29-19(25)10-9-15-7-5-4-6-8-15/h4-14,20H,1-3H3,(H,26,27). The maximum Gasteiger partial charge on any atom is 0.336 e. The highest BCUT2D eigenvalue weighted by atomic mass is 35.5. The molecule has 0 spiro atoms. The second-order valence-corrected chi connectivity index (χ2v) is 6.91. The van der Waals surface area contributed by atoms with Gasteiger partial charge < -0.3 is 14.6 Å². The Morgan fingerprint density at radius 2 is 1.83 bits per heavy atom. The third-order valence-electron chi connectivity index (χ3n) is 3.93. The zero-order valence-corrected chi connectivity index (χ0v) is 17.1. The Kier molecular flexibility index (Phi) is 7.98. The zero-order chi connectivity index (χ0) is 21.4. The van der Waals surface area contributed by atoms with Gasteiger partial charge in [-0.3, -0.25) is 4.99 Å². The monoisotopic (exact) mass is 415 g/mol. The lowest BCUT2D eigenvalue weighted by atomic mass is 10.1. The molecule has 0 aromatic heterocycles. The first-order valence-corrected chi connectivity index (χ1v) is 9.28. The number of halogens is 1. The van der Waals surface area contributed by atoms with Crippen LogP contribution in [0.15, 0.2) is 53.5 Å². The molecule has 0 aliphatic carbocycles. The minimum atomic E-state index is -1.01. The molecule has 0 amide bonds. The van der Waals surface area contributed by atoms with E-state index < -0.39 is 18.0 Å². The predicted octanol–water partition coefficient (Wildman–Crippen LogP) is 4.50. The molecule has 2 aromatic carbocycles. The van der Waals surface area contributed by atoms with E-state index in [1.165, 1.54) is 25.5 Å². The molecule has 152 valence electrons. The summed E-state index contributed by atoms with van der Waals surface area (Å²) < 4.78 is 10.6. The van der Waals surface area contributed by atoms with Crippen molar-refractivity contribution in [3.8, 4) is 11.5 Å². The molecule has 0 aliphatic rings. The molecule has 0 heterocycles. The smallest absolute Gasteiger partial charge is 0.336 e. The third-order valence-corrected chi connectivity index (χ3v) is 4.22. The van der Waals surface area contributed by atoms with E-state index in [9.17, 15) is 14.7 Å². The van der Waals surface area contributed by atoms with Crippen LogP contribution in [-0.4, -0.2) is 36.4 Å². The number of nitrogens with zero attached hydrogens (tertiary/aromatic N) is 1. The normalized spacial score (nSPS) is 12.4. The molecule has 6 nitrogen and oxygen atoms in total. The fourth-order valence-electron chi connectivity index (χ4n) is 2.46. The van der Waals surface area contributed by atoms with Crippen LogP contribution in [0.25, 0.3) is 6.08 Å². The summed E-state index contributed by atoms with van der Waals surface area (Å²) in [6, 6.07) is 11.5. The molecular formula is C22H22ClNO5. The molecule has 0 saturated heterocycles. The summed E-state index contributed by atoms with van der Waals surface area (Å²) in [7, 11) is 1.41. The Bertz CT molecular complexity index is 922. The number of benzene rings is 2. The summed E-state index contributed by atoms with van der Waals surface area (Å²) in [6.45, 7) is 3.55. The fourth-order valence-corrected chi connectivity index (χ4v) is 2.72. The summed E-state index contributed by atoms with van der Waals surface area (Å²) in [5.74, 6) is -1.48. The van der Waals surface area contributed by atoms with Crippen molar-refractivity contribution in [1.82, 2.24) is 0 Å². The molecule has 1 N–H and O–H groups in total. The number of hydrogen-bond donors (Lipinski definition) is 1. The quantitative estimate of drug-likeness (QED) is 0.297. The molecule has 0 radical (unpaired) electrons. The summed E-state index contributed by atoms with van der Waals surface area (Å²) >= 11 is 6.26. The Balaban J connectivity index is 2.20. The SMILES string of the molecule is COc1cc(C=NC(C(=O)O)C(C)C)cc(Cl)c1OC(=O)C=Cc1ccccc1. The Hall–Kier alpha value is -3.12. The summed E-state index contributed by atoms with van der Waals surface area (Å²) in [6.07, 6.45) is 4.33. The molecule has 0 bridgehead atoms. The third kappa shape index (κ3) is 6.47. The van der Waals surface area contributed by atoms with Gasteiger partial charge in [0.15, 0.2) is 11.5 Å². The van der Waals surface area contributed by atoms with Gasteiger partial charge in [0.2, 0.25) is 0 Å². The number of carboxylic acid groups (broad SMARTS) is 1. The summed E-state index contributed by atoms with van der Waals surface area (Å²) in [5, 5.41) is 9.37. The van der Waals surface area contributed by atoms with Crippen molar-refractivity contribution in [2.75, 3.05) is 7.11 Å². The Morgan fingerprint density at radius 3 is 2.41 bits per heavy atom. The van der Waals surface area contributed by atoms with Gasteiger partial charge in [-0.05, 0) is 35.3 Å². The van der Waals surface area contributed by atoms with E-state index in [-0.39, 0.29) is 22.4 Å². The molecule has 0 saturated carbocycles. The first-order valence-electron chi connectivity index (χ1n) is 8.90. The zero-order valence-electron chi connectivity index (χ0n) is 16.3. The second kappa shape index (κ2) is 10.4. The van der Waals surface area contributed by atoms with Crippen LogP contribution in [0.2, 0.25) is 5.02 Å². The van der Waals surface area contributed by atoms with Gasteiger partial charge in [0, 0.05) is 12.3 Å². The predicted molar refractivity (Wildman–Crippen MR) is 113 cm³/mol. The van der Waals surface area contributed by atoms with Crippen LogP contribution in [0.3, 0.4) is 0 Å². The molecule has 2 rings (SSSR count). The van der Waals surface area contributed by atoms with Crippen molar-refractivity contribution in [2.45, 2.75) is 19.9 Å². The molecule has 2 aromatic rings. The lowest BCUT2D eigenvalue weighted by molar-refractivity contribution is -0.139. The molecular weight excluding hydrogens is 394 g/mol. The lowest BCUT2D eigenvalue weighted by Crippen LogP contribution is -2.24. The number of ether oxygens (including phenoxy) is 2. The number of carbonyl (C=O) groups is 2. The van der Waals surface area contributed by atoms with Gasteiger partial charge in [0.1, 0.15) is 6.04 Å². The molecule has 0 fully saturated rings. The van der Waals surface area contributed by atoms with E-state index in [2.05, 4.69) is 4.99 Å². The number of hydrogen-bond acceptors (Lipinski definition) is 5. The van der Waals surface area contributed by atoms with E-state index >= 15 is 0 Å². The van der Waals surface area contributed by atoms with Crippen molar-refractivity contribution >= 4 is 35.8 Å². The lowest BCUT2D eigenvalue weighted by Gasteiger charge is -2.12. The van der Waals surface area contributed by atoms with E-state index in [0.29, 0.717) is 5.56 Å². The maximum atomic E-state index is 12.1.